The molecule has 0 aliphatic rings. The van der Waals surface area contributed by atoms with Crippen molar-refractivity contribution in [2.24, 2.45) is 0 Å². The second-order valence-electron chi connectivity index (χ2n) is 6.08. The van der Waals surface area contributed by atoms with E-state index in [1.165, 1.54) is 20.9 Å². The smallest absolute Gasteiger partial charge is 0.0668 e. The summed E-state index contributed by atoms with van der Waals surface area (Å²) in [7, 11) is 2.03. The van der Waals surface area contributed by atoms with Gasteiger partial charge in [-0.25, -0.2) is 0 Å². The summed E-state index contributed by atoms with van der Waals surface area (Å²) in [6.07, 6.45) is 0. The molecule has 1 atom stereocenters. The Morgan fingerprint density at radius 1 is 1.00 bits per heavy atom. The van der Waals surface area contributed by atoms with Crippen LogP contribution in [0, 0.1) is 6.92 Å². The molecule has 0 bridgehead atoms. The summed E-state index contributed by atoms with van der Waals surface area (Å²) in [6, 6.07) is 13.6. The Bertz CT molecular complexity index is 531. The first-order chi connectivity index (χ1) is 8.91. The van der Waals surface area contributed by atoms with Crippen molar-refractivity contribution in [1.82, 2.24) is 5.32 Å². The number of rotatable bonds is 3. The molecule has 0 aliphatic heterocycles. The van der Waals surface area contributed by atoms with Crippen LogP contribution in [-0.4, -0.2) is 7.05 Å². The van der Waals surface area contributed by atoms with Crippen LogP contribution in [0.2, 0.25) is 0 Å². The molecule has 1 N–H and O–H groups in total. The van der Waals surface area contributed by atoms with E-state index in [0.717, 1.165) is 0 Å². The molecule has 1 aromatic carbocycles. The predicted octanol–water partition coefficient (Wildman–Crippen LogP) is 4.66. The number of thiophene rings is 1. The lowest BCUT2D eigenvalue weighted by molar-refractivity contribution is 0.604. The van der Waals surface area contributed by atoms with Gasteiger partial charge in [-0.3, -0.25) is 0 Å². The van der Waals surface area contributed by atoms with Gasteiger partial charge in [0.2, 0.25) is 0 Å². The molecule has 0 aliphatic carbocycles. The summed E-state index contributed by atoms with van der Waals surface area (Å²) in [6.45, 7) is 8.93. The Hall–Kier alpha value is -1.12. The lowest BCUT2D eigenvalue weighted by Gasteiger charge is -2.17. The topological polar surface area (TPSA) is 12.0 Å². The minimum absolute atomic E-state index is 0.231. The summed E-state index contributed by atoms with van der Waals surface area (Å²) in [5, 5.41) is 3.43. The Morgan fingerprint density at radius 3 is 2.11 bits per heavy atom. The fourth-order valence-electron chi connectivity index (χ4n) is 2.14. The SMILES string of the molecule is CNC(c1ccc(C)cc1)c1ccc(C(C)(C)C)s1. The van der Waals surface area contributed by atoms with Crippen molar-refractivity contribution in [3.63, 3.8) is 0 Å². The molecular formula is C17H23NS. The van der Waals surface area contributed by atoms with Crippen LogP contribution in [0.4, 0.5) is 0 Å². The molecule has 2 rings (SSSR count). The maximum absolute atomic E-state index is 3.43. The zero-order valence-corrected chi connectivity index (χ0v) is 13.3. The third-order valence-corrected chi connectivity index (χ3v) is 4.93. The molecule has 2 heteroatoms. The monoisotopic (exact) mass is 273 g/mol. The summed E-state index contributed by atoms with van der Waals surface area (Å²) in [5.74, 6) is 0. The Labute approximate surface area is 120 Å². The molecule has 1 nitrogen and oxygen atoms in total. The van der Waals surface area contributed by atoms with Crippen LogP contribution in [0.3, 0.4) is 0 Å². The highest BCUT2D eigenvalue weighted by Gasteiger charge is 2.19. The summed E-state index contributed by atoms with van der Waals surface area (Å²) < 4.78 is 0. The standard InChI is InChI=1S/C17H23NS/c1-12-6-8-13(9-7-12)16(18-5)14-10-11-15(19-14)17(2,3)4/h6-11,16,18H,1-5H3. The zero-order chi connectivity index (χ0) is 14.0. The van der Waals surface area contributed by atoms with Gasteiger partial charge >= 0.3 is 0 Å². The van der Waals surface area contributed by atoms with Crippen molar-refractivity contribution >= 4 is 11.3 Å². The number of benzene rings is 1. The molecule has 0 spiro atoms. The van der Waals surface area contributed by atoms with E-state index in [0.29, 0.717) is 6.04 Å². The number of aryl methyl sites for hydroxylation is 1. The Balaban J connectivity index is 2.32. The molecule has 1 aromatic heterocycles. The van der Waals surface area contributed by atoms with Gasteiger partial charge in [0.05, 0.1) is 6.04 Å². The summed E-state index contributed by atoms with van der Waals surface area (Å²) >= 11 is 1.91. The van der Waals surface area contributed by atoms with Crippen LogP contribution in [0.1, 0.15) is 47.7 Å². The van der Waals surface area contributed by atoms with Crippen molar-refractivity contribution in [1.29, 1.82) is 0 Å². The summed E-state index contributed by atoms with van der Waals surface area (Å²) in [4.78, 5) is 2.83. The van der Waals surface area contributed by atoms with E-state index in [9.17, 15) is 0 Å². The van der Waals surface area contributed by atoms with E-state index >= 15 is 0 Å². The fourth-order valence-corrected chi connectivity index (χ4v) is 3.35. The van der Waals surface area contributed by atoms with Gasteiger partial charge in [-0.2, -0.15) is 0 Å². The normalized spacial score (nSPS) is 13.5. The van der Waals surface area contributed by atoms with Gasteiger partial charge in [-0.05, 0) is 37.1 Å². The Morgan fingerprint density at radius 2 is 1.63 bits per heavy atom. The number of hydrogen-bond donors (Lipinski definition) is 1. The maximum atomic E-state index is 3.43. The molecule has 0 radical (unpaired) electrons. The van der Waals surface area contributed by atoms with Gasteiger partial charge < -0.3 is 5.32 Å². The van der Waals surface area contributed by atoms with Gasteiger partial charge in [0, 0.05) is 9.75 Å². The van der Waals surface area contributed by atoms with Crippen LogP contribution in [0.15, 0.2) is 36.4 Å². The van der Waals surface area contributed by atoms with E-state index in [1.54, 1.807) is 0 Å². The second kappa shape index (κ2) is 5.48. The number of nitrogens with one attached hydrogen (secondary N) is 1. The first kappa shape index (κ1) is 14.3. The quantitative estimate of drug-likeness (QED) is 0.857. The lowest BCUT2D eigenvalue weighted by atomic mass is 9.95. The lowest BCUT2D eigenvalue weighted by Crippen LogP contribution is -2.16. The third-order valence-electron chi connectivity index (χ3n) is 3.35. The molecule has 102 valence electrons. The molecule has 1 unspecified atom stereocenters. The molecule has 0 saturated carbocycles. The number of hydrogen-bond acceptors (Lipinski definition) is 2. The highest BCUT2D eigenvalue weighted by molar-refractivity contribution is 7.12. The van der Waals surface area contributed by atoms with Gasteiger partial charge in [0.1, 0.15) is 0 Å². The van der Waals surface area contributed by atoms with Gasteiger partial charge in [-0.1, -0.05) is 50.6 Å². The zero-order valence-electron chi connectivity index (χ0n) is 12.4. The molecule has 0 saturated heterocycles. The van der Waals surface area contributed by atoms with Gasteiger partial charge in [0.15, 0.2) is 0 Å². The minimum atomic E-state index is 0.231. The highest BCUT2D eigenvalue weighted by Crippen LogP contribution is 2.34. The first-order valence-corrected chi connectivity index (χ1v) is 7.57. The molecule has 0 fully saturated rings. The molecular weight excluding hydrogens is 250 g/mol. The van der Waals surface area contributed by atoms with Crippen LogP contribution < -0.4 is 5.32 Å². The van der Waals surface area contributed by atoms with Crippen LogP contribution >= 0.6 is 11.3 Å². The van der Waals surface area contributed by atoms with E-state index in [4.69, 9.17) is 0 Å². The maximum Gasteiger partial charge on any atom is 0.0668 e. The average Bonchev–Trinajstić information content (AvgIpc) is 2.82. The van der Waals surface area contributed by atoms with Gasteiger partial charge in [-0.15, -0.1) is 11.3 Å². The minimum Gasteiger partial charge on any atom is -0.309 e. The third kappa shape index (κ3) is 3.26. The van der Waals surface area contributed by atoms with E-state index in [-0.39, 0.29) is 5.41 Å². The van der Waals surface area contributed by atoms with E-state index < -0.39 is 0 Å². The first-order valence-electron chi connectivity index (χ1n) is 6.76. The molecule has 2 aromatic rings. The van der Waals surface area contributed by atoms with Crippen LogP contribution in [0.5, 0.6) is 0 Å². The predicted molar refractivity (Wildman–Crippen MR) is 85.1 cm³/mol. The van der Waals surface area contributed by atoms with Crippen molar-refractivity contribution in [3.8, 4) is 0 Å². The van der Waals surface area contributed by atoms with Crippen LogP contribution in [-0.2, 0) is 5.41 Å². The van der Waals surface area contributed by atoms with Gasteiger partial charge in [0.25, 0.3) is 0 Å². The van der Waals surface area contributed by atoms with E-state index in [2.05, 4.69) is 69.4 Å². The largest absolute Gasteiger partial charge is 0.309 e. The van der Waals surface area contributed by atoms with Crippen molar-refractivity contribution in [2.75, 3.05) is 7.05 Å². The van der Waals surface area contributed by atoms with Crippen LogP contribution in [0.25, 0.3) is 0 Å². The second-order valence-corrected chi connectivity index (χ2v) is 7.20. The molecule has 19 heavy (non-hydrogen) atoms. The molecule has 0 amide bonds. The molecule has 1 heterocycles. The van der Waals surface area contributed by atoms with E-state index in [1.807, 2.05) is 18.4 Å². The Kier molecular flexibility index (Phi) is 4.12. The van der Waals surface area contributed by atoms with Crippen molar-refractivity contribution in [2.45, 2.75) is 39.2 Å². The fraction of sp³-hybridized carbons (Fsp3) is 0.412. The average molecular weight is 273 g/mol. The summed E-state index contributed by atoms with van der Waals surface area (Å²) in [5.41, 5.74) is 2.87. The highest BCUT2D eigenvalue weighted by atomic mass is 32.1. The van der Waals surface area contributed by atoms with Crippen molar-refractivity contribution in [3.05, 3.63) is 57.3 Å². The van der Waals surface area contributed by atoms with Crippen molar-refractivity contribution < 1.29 is 0 Å².